The molecule has 0 spiro atoms. The van der Waals surface area contributed by atoms with Crippen molar-refractivity contribution in [2.24, 2.45) is 4.99 Å². The van der Waals surface area contributed by atoms with Crippen molar-refractivity contribution in [3.63, 3.8) is 0 Å². The van der Waals surface area contributed by atoms with Gasteiger partial charge in [0.1, 0.15) is 11.5 Å². The molecule has 0 saturated heterocycles. The van der Waals surface area contributed by atoms with Gasteiger partial charge in [-0.2, -0.15) is 0 Å². The lowest BCUT2D eigenvalue weighted by molar-refractivity contribution is -0.158. The van der Waals surface area contributed by atoms with E-state index in [2.05, 4.69) is 4.99 Å². The first-order valence-electron chi connectivity index (χ1n) is 8.09. The average Bonchev–Trinajstić information content (AvgIpc) is 2.61. The Labute approximate surface area is 148 Å². The van der Waals surface area contributed by atoms with Gasteiger partial charge < -0.3 is 14.2 Å². The summed E-state index contributed by atoms with van der Waals surface area (Å²) in [7, 11) is 1.63. The molecule has 0 aliphatic rings. The first-order chi connectivity index (χ1) is 11.9. The fourth-order valence-corrected chi connectivity index (χ4v) is 2.08. The highest BCUT2D eigenvalue weighted by Crippen LogP contribution is 2.21. The van der Waals surface area contributed by atoms with E-state index in [1.54, 1.807) is 46.2 Å². The zero-order valence-electron chi connectivity index (χ0n) is 15.0. The molecule has 0 aliphatic heterocycles. The topological polar surface area (TPSA) is 57.1 Å². The highest BCUT2D eigenvalue weighted by atomic mass is 16.6. The van der Waals surface area contributed by atoms with Crippen LogP contribution in [0.1, 0.15) is 26.3 Å². The zero-order chi connectivity index (χ0) is 18.3. The van der Waals surface area contributed by atoms with Crippen LogP contribution in [0.25, 0.3) is 0 Å². The molecule has 0 aromatic heterocycles. The maximum atomic E-state index is 11.9. The van der Waals surface area contributed by atoms with Gasteiger partial charge in [-0.3, -0.25) is 4.99 Å². The number of rotatable bonds is 7. The van der Waals surface area contributed by atoms with Gasteiger partial charge in [0.05, 0.1) is 19.4 Å². The van der Waals surface area contributed by atoms with Crippen molar-refractivity contribution in [2.75, 3.05) is 13.7 Å². The summed E-state index contributed by atoms with van der Waals surface area (Å²) >= 11 is 0. The fraction of sp³-hybridized carbons (Fsp3) is 0.300. The minimum atomic E-state index is -1.03. The summed E-state index contributed by atoms with van der Waals surface area (Å²) in [4.78, 5) is 16.3. The summed E-state index contributed by atoms with van der Waals surface area (Å²) in [6.07, 6.45) is 1.77. The van der Waals surface area contributed by atoms with Crippen LogP contribution in [0.5, 0.6) is 11.5 Å². The molecule has 5 nitrogen and oxygen atoms in total. The van der Waals surface area contributed by atoms with Gasteiger partial charge in [0.25, 0.3) is 0 Å². The third-order valence-electron chi connectivity index (χ3n) is 3.46. The molecule has 0 N–H and O–H groups in total. The molecule has 0 fully saturated rings. The van der Waals surface area contributed by atoms with Gasteiger partial charge in [-0.05, 0) is 74.9 Å². The Morgan fingerprint density at radius 1 is 1.04 bits per heavy atom. The smallest absolute Gasteiger partial charge is 0.349 e. The quantitative estimate of drug-likeness (QED) is 0.560. The molecule has 132 valence electrons. The van der Waals surface area contributed by atoms with E-state index in [-0.39, 0.29) is 5.97 Å². The molecular weight excluding hydrogens is 318 g/mol. The van der Waals surface area contributed by atoms with Crippen LogP contribution in [-0.2, 0) is 9.53 Å². The van der Waals surface area contributed by atoms with E-state index in [9.17, 15) is 4.79 Å². The van der Waals surface area contributed by atoms with Crippen LogP contribution in [-0.4, -0.2) is 31.5 Å². The van der Waals surface area contributed by atoms with Gasteiger partial charge in [-0.1, -0.05) is 0 Å². The van der Waals surface area contributed by atoms with E-state index < -0.39 is 5.60 Å². The maximum absolute atomic E-state index is 11.9. The molecule has 0 heterocycles. The molecule has 0 unspecified atom stereocenters. The standard InChI is InChI=1S/C20H23NO4/c1-5-24-19(22)20(2,3)25-18-10-6-15(7-11-18)14-21-16-8-12-17(23-4)13-9-16/h6-14H,5H2,1-4H3. The second kappa shape index (κ2) is 8.33. The maximum Gasteiger partial charge on any atom is 0.349 e. The van der Waals surface area contributed by atoms with Crippen LogP contribution >= 0.6 is 0 Å². The van der Waals surface area contributed by atoms with E-state index >= 15 is 0 Å². The first-order valence-corrected chi connectivity index (χ1v) is 8.09. The van der Waals surface area contributed by atoms with Crippen LogP contribution in [0, 0.1) is 0 Å². The monoisotopic (exact) mass is 341 g/mol. The summed E-state index contributed by atoms with van der Waals surface area (Å²) in [6, 6.07) is 14.9. The van der Waals surface area contributed by atoms with E-state index in [4.69, 9.17) is 14.2 Å². The molecule has 0 saturated carbocycles. The third kappa shape index (κ3) is 5.35. The summed E-state index contributed by atoms with van der Waals surface area (Å²) in [6.45, 7) is 5.46. The van der Waals surface area contributed by atoms with E-state index in [1.807, 2.05) is 36.4 Å². The fourth-order valence-electron chi connectivity index (χ4n) is 2.08. The van der Waals surface area contributed by atoms with Gasteiger partial charge in [0, 0.05) is 6.21 Å². The molecular formula is C20H23NO4. The third-order valence-corrected chi connectivity index (χ3v) is 3.46. The lowest BCUT2D eigenvalue weighted by Gasteiger charge is -2.24. The van der Waals surface area contributed by atoms with Crippen LogP contribution < -0.4 is 9.47 Å². The number of methoxy groups -OCH3 is 1. The Bertz CT molecular complexity index is 718. The molecule has 2 aromatic carbocycles. The molecule has 25 heavy (non-hydrogen) atoms. The Morgan fingerprint density at radius 2 is 1.64 bits per heavy atom. The van der Waals surface area contributed by atoms with Crippen LogP contribution in [0.3, 0.4) is 0 Å². The molecule has 0 atom stereocenters. The predicted octanol–water partition coefficient (Wildman–Crippen LogP) is 4.17. The van der Waals surface area contributed by atoms with Crippen molar-refractivity contribution >= 4 is 17.9 Å². The number of aliphatic imine (C=N–C) groups is 1. The average molecular weight is 341 g/mol. The van der Waals surface area contributed by atoms with E-state index in [0.717, 1.165) is 17.0 Å². The summed E-state index contributed by atoms with van der Waals surface area (Å²) in [5, 5.41) is 0. The summed E-state index contributed by atoms with van der Waals surface area (Å²) < 4.78 is 15.9. The largest absolute Gasteiger partial charge is 0.497 e. The lowest BCUT2D eigenvalue weighted by atomic mass is 10.1. The minimum absolute atomic E-state index is 0.326. The molecule has 0 radical (unpaired) electrons. The van der Waals surface area contributed by atoms with E-state index in [0.29, 0.717) is 12.4 Å². The Hall–Kier alpha value is -2.82. The highest BCUT2D eigenvalue weighted by Gasteiger charge is 2.31. The van der Waals surface area contributed by atoms with Crippen molar-refractivity contribution in [3.05, 3.63) is 54.1 Å². The van der Waals surface area contributed by atoms with Crippen molar-refractivity contribution in [2.45, 2.75) is 26.4 Å². The van der Waals surface area contributed by atoms with Gasteiger partial charge in [0.15, 0.2) is 5.60 Å². The highest BCUT2D eigenvalue weighted by molar-refractivity contribution is 5.82. The molecule has 0 bridgehead atoms. The second-order valence-electron chi connectivity index (χ2n) is 5.86. The normalized spacial score (nSPS) is 11.4. The minimum Gasteiger partial charge on any atom is -0.497 e. The van der Waals surface area contributed by atoms with Gasteiger partial charge in [-0.25, -0.2) is 4.79 Å². The summed E-state index contributed by atoms with van der Waals surface area (Å²) in [5.74, 6) is 1.00. The SMILES string of the molecule is CCOC(=O)C(C)(C)Oc1ccc(C=Nc2ccc(OC)cc2)cc1. The lowest BCUT2D eigenvalue weighted by Crippen LogP contribution is -2.39. The van der Waals surface area contributed by atoms with Gasteiger partial charge in [-0.15, -0.1) is 0 Å². The number of ether oxygens (including phenoxy) is 3. The number of hydrogen-bond donors (Lipinski definition) is 0. The van der Waals surface area contributed by atoms with Gasteiger partial charge >= 0.3 is 5.97 Å². The van der Waals surface area contributed by atoms with Crippen LogP contribution in [0.2, 0.25) is 0 Å². The van der Waals surface area contributed by atoms with Crippen molar-refractivity contribution < 1.29 is 19.0 Å². The predicted molar refractivity (Wildman–Crippen MR) is 98.0 cm³/mol. The Balaban J connectivity index is 2.01. The molecule has 2 rings (SSSR count). The van der Waals surface area contributed by atoms with Crippen molar-refractivity contribution in [1.82, 2.24) is 0 Å². The Kier molecular flexibility index (Phi) is 6.17. The molecule has 2 aromatic rings. The number of benzene rings is 2. The summed E-state index contributed by atoms with van der Waals surface area (Å²) in [5.41, 5.74) is 0.732. The van der Waals surface area contributed by atoms with Crippen molar-refractivity contribution in [3.8, 4) is 11.5 Å². The van der Waals surface area contributed by atoms with Crippen LogP contribution in [0.15, 0.2) is 53.5 Å². The molecule has 0 amide bonds. The van der Waals surface area contributed by atoms with E-state index in [1.165, 1.54) is 0 Å². The zero-order valence-corrected chi connectivity index (χ0v) is 15.0. The number of carbonyl (C=O) groups excluding carboxylic acids is 1. The second-order valence-corrected chi connectivity index (χ2v) is 5.86. The van der Waals surface area contributed by atoms with Crippen molar-refractivity contribution in [1.29, 1.82) is 0 Å². The van der Waals surface area contributed by atoms with Gasteiger partial charge in [0.2, 0.25) is 0 Å². The number of carbonyl (C=O) groups is 1. The first kappa shape index (κ1) is 18.5. The number of hydrogen-bond acceptors (Lipinski definition) is 5. The molecule has 0 aliphatic carbocycles. The van der Waals surface area contributed by atoms with Crippen LogP contribution in [0.4, 0.5) is 5.69 Å². The molecule has 5 heteroatoms. The number of esters is 1. The Morgan fingerprint density at radius 3 is 2.20 bits per heavy atom. The number of nitrogens with zero attached hydrogens (tertiary/aromatic N) is 1.